The number of nitro benzene ring substituents is 1. The van der Waals surface area contributed by atoms with Crippen molar-refractivity contribution in [3.63, 3.8) is 0 Å². The van der Waals surface area contributed by atoms with Gasteiger partial charge in [-0.3, -0.25) is 10.1 Å². The number of ether oxygens (including phenoxy) is 2. The van der Waals surface area contributed by atoms with Gasteiger partial charge in [-0.25, -0.2) is 4.79 Å². The number of nitrogens with zero attached hydrogens (tertiary/aromatic N) is 3. The van der Waals surface area contributed by atoms with E-state index in [0.717, 1.165) is 5.69 Å². The van der Waals surface area contributed by atoms with Crippen LogP contribution in [-0.4, -0.2) is 54.3 Å². The Kier molecular flexibility index (Phi) is 5.39. The Morgan fingerprint density at radius 3 is 2.52 bits per heavy atom. The molecule has 8 nitrogen and oxygen atoms in total. The van der Waals surface area contributed by atoms with Gasteiger partial charge in [0, 0.05) is 43.5 Å². The summed E-state index contributed by atoms with van der Waals surface area (Å²) in [5.41, 5.74) is 0.244. The Morgan fingerprint density at radius 2 is 2.00 bits per heavy atom. The van der Waals surface area contributed by atoms with Crippen molar-refractivity contribution in [1.82, 2.24) is 4.90 Å². The van der Waals surface area contributed by atoms with E-state index >= 15 is 0 Å². The highest BCUT2D eigenvalue weighted by atomic mass is 16.6. The Bertz CT molecular complexity index is 656. The summed E-state index contributed by atoms with van der Waals surface area (Å²) >= 11 is 0. The van der Waals surface area contributed by atoms with E-state index in [2.05, 4.69) is 4.90 Å². The number of rotatable bonds is 3. The molecule has 1 aromatic carbocycles. The number of carbonyl (C=O) groups excluding carboxylic acids is 1. The van der Waals surface area contributed by atoms with Crippen LogP contribution in [0.1, 0.15) is 27.7 Å². The van der Waals surface area contributed by atoms with Gasteiger partial charge in [-0.2, -0.15) is 0 Å². The lowest BCUT2D eigenvalue weighted by atomic mass is 10.1. The van der Waals surface area contributed by atoms with E-state index in [1.165, 1.54) is 13.2 Å². The van der Waals surface area contributed by atoms with Crippen molar-refractivity contribution >= 4 is 17.5 Å². The van der Waals surface area contributed by atoms with Gasteiger partial charge in [0.2, 0.25) is 0 Å². The fourth-order valence-corrected chi connectivity index (χ4v) is 2.83. The summed E-state index contributed by atoms with van der Waals surface area (Å²) in [6.45, 7) is 9.19. The first-order valence-electron chi connectivity index (χ1n) is 8.19. The molecule has 1 aromatic rings. The number of piperazine rings is 1. The molecule has 1 amide bonds. The molecule has 1 heterocycles. The third kappa shape index (κ3) is 4.52. The summed E-state index contributed by atoms with van der Waals surface area (Å²) in [5, 5.41) is 11.0. The molecule has 25 heavy (non-hydrogen) atoms. The first-order valence-corrected chi connectivity index (χ1v) is 8.19. The molecule has 1 unspecified atom stereocenters. The van der Waals surface area contributed by atoms with Crippen LogP contribution in [-0.2, 0) is 4.74 Å². The predicted molar refractivity (Wildman–Crippen MR) is 94.3 cm³/mol. The molecule has 2 rings (SSSR count). The van der Waals surface area contributed by atoms with Gasteiger partial charge in [-0.05, 0) is 33.8 Å². The normalized spacial score (nSPS) is 18.0. The maximum absolute atomic E-state index is 12.2. The molecule has 0 aromatic heterocycles. The van der Waals surface area contributed by atoms with Gasteiger partial charge in [0.15, 0.2) is 5.75 Å². The number of benzene rings is 1. The van der Waals surface area contributed by atoms with Crippen molar-refractivity contribution < 1.29 is 19.2 Å². The number of amides is 1. The first-order chi connectivity index (χ1) is 11.6. The summed E-state index contributed by atoms with van der Waals surface area (Å²) in [6.07, 6.45) is -0.319. The molecule has 1 fully saturated rings. The molecule has 138 valence electrons. The van der Waals surface area contributed by atoms with Gasteiger partial charge in [0.1, 0.15) is 5.60 Å². The van der Waals surface area contributed by atoms with E-state index in [1.54, 1.807) is 17.0 Å². The molecule has 0 N–H and O–H groups in total. The minimum absolute atomic E-state index is 0.0485. The molecule has 1 aliphatic rings. The second kappa shape index (κ2) is 7.16. The monoisotopic (exact) mass is 351 g/mol. The second-order valence-electron chi connectivity index (χ2n) is 7.08. The zero-order chi connectivity index (χ0) is 18.8. The Balaban J connectivity index is 2.11. The molecule has 1 atom stereocenters. The smallest absolute Gasteiger partial charge is 0.410 e. The summed E-state index contributed by atoms with van der Waals surface area (Å²) in [5.74, 6) is 0.226. The second-order valence-corrected chi connectivity index (χ2v) is 7.08. The van der Waals surface area contributed by atoms with Crippen LogP contribution in [0.15, 0.2) is 18.2 Å². The van der Waals surface area contributed by atoms with Crippen LogP contribution in [0.4, 0.5) is 16.2 Å². The van der Waals surface area contributed by atoms with E-state index in [-0.39, 0.29) is 23.6 Å². The average Bonchev–Trinajstić information content (AvgIpc) is 2.52. The van der Waals surface area contributed by atoms with Crippen molar-refractivity contribution in [3.05, 3.63) is 28.3 Å². The highest BCUT2D eigenvalue weighted by molar-refractivity contribution is 5.69. The van der Waals surface area contributed by atoms with Gasteiger partial charge in [-0.1, -0.05) is 0 Å². The van der Waals surface area contributed by atoms with E-state index in [4.69, 9.17) is 9.47 Å². The fourth-order valence-electron chi connectivity index (χ4n) is 2.83. The van der Waals surface area contributed by atoms with Gasteiger partial charge >= 0.3 is 11.8 Å². The zero-order valence-electron chi connectivity index (χ0n) is 15.3. The third-order valence-electron chi connectivity index (χ3n) is 3.97. The van der Waals surface area contributed by atoms with Crippen molar-refractivity contribution in [2.75, 3.05) is 31.6 Å². The van der Waals surface area contributed by atoms with Crippen LogP contribution in [0.25, 0.3) is 0 Å². The number of anilines is 1. The maximum Gasteiger partial charge on any atom is 0.410 e. The standard InChI is InChI=1S/C17H25N3O5/c1-12-11-18(16(21)25-17(2,3)4)8-9-19(12)13-6-7-14(20(22)23)15(10-13)24-5/h6-7,10,12H,8-9,11H2,1-5H3. The van der Waals surface area contributed by atoms with E-state index < -0.39 is 10.5 Å². The predicted octanol–water partition coefficient (Wildman–Crippen LogP) is 3.05. The van der Waals surface area contributed by atoms with E-state index in [0.29, 0.717) is 19.6 Å². The molecular weight excluding hydrogens is 326 g/mol. The summed E-state index contributed by atoms with van der Waals surface area (Å²) in [4.78, 5) is 26.6. The molecular formula is C17H25N3O5. The summed E-state index contributed by atoms with van der Waals surface area (Å²) in [6, 6.07) is 4.87. The highest BCUT2D eigenvalue weighted by Crippen LogP contribution is 2.32. The van der Waals surface area contributed by atoms with Crippen LogP contribution in [0.3, 0.4) is 0 Å². The number of hydrogen-bond donors (Lipinski definition) is 0. The molecule has 1 saturated heterocycles. The highest BCUT2D eigenvalue weighted by Gasteiger charge is 2.30. The molecule has 0 saturated carbocycles. The largest absolute Gasteiger partial charge is 0.490 e. The molecule has 0 spiro atoms. The van der Waals surface area contributed by atoms with Crippen LogP contribution in [0.5, 0.6) is 5.75 Å². The van der Waals surface area contributed by atoms with E-state index in [9.17, 15) is 14.9 Å². The number of hydrogen-bond acceptors (Lipinski definition) is 6. The average molecular weight is 351 g/mol. The van der Waals surface area contributed by atoms with Gasteiger partial charge in [0.25, 0.3) is 0 Å². The minimum Gasteiger partial charge on any atom is -0.490 e. The number of methoxy groups -OCH3 is 1. The quantitative estimate of drug-likeness (QED) is 0.615. The lowest BCUT2D eigenvalue weighted by molar-refractivity contribution is -0.385. The molecule has 1 aliphatic heterocycles. The van der Waals surface area contributed by atoms with Crippen molar-refractivity contribution in [1.29, 1.82) is 0 Å². The fraction of sp³-hybridized carbons (Fsp3) is 0.588. The topological polar surface area (TPSA) is 85.2 Å². The summed E-state index contributed by atoms with van der Waals surface area (Å²) < 4.78 is 10.6. The van der Waals surface area contributed by atoms with Crippen LogP contribution >= 0.6 is 0 Å². The van der Waals surface area contributed by atoms with E-state index in [1.807, 2.05) is 27.7 Å². The van der Waals surface area contributed by atoms with Crippen molar-refractivity contribution in [3.8, 4) is 5.75 Å². The van der Waals surface area contributed by atoms with Gasteiger partial charge in [0.05, 0.1) is 12.0 Å². The molecule has 0 bridgehead atoms. The van der Waals surface area contributed by atoms with Crippen molar-refractivity contribution in [2.45, 2.75) is 39.3 Å². The first kappa shape index (κ1) is 18.8. The third-order valence-corrected chi connectivity index (χ3v) is 3.97. The van der Waals surface area contributed by atoms with Crippen LogP contribution in [0.2, 0.25) is 0 Å². The molecule has 8 heteroatoms. The van der Waals surface area contributed by atoms with Gasteiger partial charge < -0.3 is 19.3 Å². The SMILES string of the molecule is COc1cc(N2CCN(C(=O)OC(C)(C)C)CC2C)ccc1[N+](=O)[O-]. The molecule has 0 aliphatic carbocycles. The lowest BCUT2D eigenvalue weighted by Crippen LogP contribution is -2.54. The van der Waals surface area contributed by atoms with Crippen LogP contribution < -0.4 is 9.64 Å². The molecule has 0 radical (unpaired) electrons. The number of carbonyl (C=O) groups is 1. The summed E-state index contributed by atoms with van der Waals surface area (Å²) in [7, 11) is 1.41. The van der Waals surface area contributed by atoms with Crippen molar-refractivity contribution in [2.24, 2.45) is 0 Å². The zero-order valence-corrected chi connectivity index (χ0v) is 15.3. The maximum atomic E-state index is 12.2. The Hall–Kier alpha value is -2.51. The minimum atomic E-state index is -0.525. The Morgan fingerprint density at radius 1 is 1.32 bits per heavy atom. The van der Waals surface area contributed by atoms with Crippen LogP contribution in [0, 0.1) is 10.1 Å². The van der Waals surface area contributed by atoms with Gasteiger partial charge in [-0.15, -0.1) is 0 Å². The number of nitro groups is 1. The Labute approximate surface area is 147 Å². The lowest BCUT2D eigenvalue weighted by Gasteiger charge is -2.41.